The zero-order chi connectivity index (χ0) is 24.2. The predicted molar refractivity (Wildman–Crippen MR) is 147 cm³/mol. The summed E-state index contributed by atoms with van der Waals surface area (Å²) >= 11 is 5.99. The van der Waals surface area contributed by atoms with Gasteiger partial charge >= 0.3 is 0 Å². The minimum Gasteiger partial charge on any atom is -0.347 e. The lowest BCUT2D eigenvalue weighted by Crippen LogP contribution is -2.34. The van der Waals surface area contributed by atoms with Gasteiger partial charge in [0.15, 0.2) is 0 Å². The highest BCUT2D eigenvalue weighted by Crippen LogP contribution is 2.34. The number of fused-ring (bicyclic) bond motifs is 1. The molecule has 0 spiro atoms. The van der Waals surface area contributed by atoms with Gasteiger partial charge in [0, 0.05) is 52.0 Å². The Morgan fingerprint density at radius 1 is 1.00 bits per heavy atom. The molecule has 35 heavy (non-hydrogen) atoms. The summed E-state index contributed by atoms with van der Waals surface area (Å²) in [6.07, 6.45) is 8.01. The molecule has 0 bridgehead atoms. The summed E-state index contributed by atoms with van der Waals surface area (Å²) in [6, 6.07) is 21.1. The van der Waals surface area contributed by atoms with Crippen LogP contribution in [0.25, 0.3) is 22.0 Å². The second-order valence-corrected chi connectivity index (χ2v) is 10.4. The third kappa shape index (κ3) is 6.14. The summed E-state index contributed by atoms with van der Waals surface area (Å²) in [5.41, 5.74) is 5.20. The van der Waals surface area contributed by atoms with Crippen LogP contribution in [0.5, 0.6) is 0 Å². The molecule has 2 aromatic heterocycles. The summed E-state index contributed by atoms with van der Waals surface area (Å²) in [5.74, 6) is 8.05. The van der Waals surface area contributed by atoms with Gasteiger partial charge in [-0.15, -0.1) is 0 Å². The van der Waals surface area contributed by atoms with Crippen LogP contribution in [0.2, 0.25) is 5.02 Å². The van der Waals surface area contributed by atoms with E-state index >= 15 is 0 Å². The Bertz CT molecular complexity index is 1340. The van der Waals surface area contributed by atoms with E-state index < -0.39 is 0 Å². The summed E-state index contributed by atoms with van der Waals surface area (Å²) in [7, 11) is 0. The van der Waals surface area contributed by atoms with Crippen molar-refractivity contribution in [1.82, 2.24) is 14.9 Å². The molecule has 4 aromatic rings. The second kappa shape index (κ2) is 10.7. The van der Waals surface area contributed by atoms with E-state index in [1.54, 1.807) is 0 Å². The zero-order valence-electron chi connectivity index (χ0n) is 20.5. The Morgan fingerprint density at radius 2 is 1.80 bits per heavy atom. The van der Waals surface area contributed by atoms with Crippen molar-refractivity contribution in [3.8, 4) is 23.0 Å². The van der Waals surface area contributed by atoms with Crippen LogP contribution < -0.4 is 5.32 Å². The Labute approximate surface area is 213 Å². The Kier molecular flexibility index (Phi) is 7.23. The summed E-state index contributed by atoms with van der Waals surface area (Å²) in [6.45, 7) is 6.71. The molecular weight excluding hydrogens is 450 g/mol. The fraction of sp³-hybridized carbons (Fsp3) is 0.323. The van der Waals surface area contributed by atoms with E-state index in [4.69, 9.17) is 11.6 Å². The minimum atomic E-state index is 0.638. The molecule has 1 atom stereocenters. The first kappa shape index (κ1) is 23.7. The molecule has 2 heterocycles. The lowest BCUT2D eigenvalue weighted by Gasteiger charge is -2.20. The third-order valence-corrected chi connectivity index (χ3v) is 6.96. The van der Waals surface area contributed by atoms with Gasteiger partial charge in [-0.25, -0.2) is 4.98 Å². The number of nitrogens with zero attached hydrogens (tertiary/aromatic N) is 2. The van der Waals surface area contributed by atoms with Gasteiger partial charge in [-0.05, 0) is 91.6 Å². The van der Waals surface area contributed by atoms with Gasteiger partial charge in [0.2, 0.25) is 0 Å². The number of benzene rings is 2. The SMILES string of the molecule is CC(C)CNC(CCn1ccc2cc(C#Cc3ccc(-c4ccc(Cl)cc4)cn3)ccc21)C1CC1. The van der Waals surface area contributed by atoms with Gasteiger partial charge in [-0.1, -0.05) is 49.6 Å². The van der Waals surface area contributed by atoms with E-state index in [0.29, 0.717) is 12.0 Å². The topological polar surface area (TPSA) is 29.9 Å². The molecule has 0 amide bonds. The standard InChI is InChI=1S/C31H32ClN3/c1-22(2)20-34-30(25-5-6-25)16-18-35-17-15-26-19-23(4-14-31(26)35)3-12-29-13-9-27(21-33-29)24-7-10-28(32)11-8-24/h4,7-11,13-15,17,19,21-22,25,30,34H,5-6,16,18,20H2,1-2H3. The van der Waals surface area contributed by atoms with Crippen LogP contribution in [0.15, 0.2) is 73.1 Å². The monoisotopic (exact) mass is 481 g/mol. The smallest absolute Gasteiger partial charge is 0.113 e. The summed E-state index contributed by atoms with van der Waals surface area (Å²) < 4.78 is 2.38. The number of hydrogen-bond donors (Lipinski definition) is 1. The van der Waals surface area contributed by atoms with Crippen molar-refractivity contribution in [1.29, 1.82) is 0 Å². The van der Waals surface area contributed by atoms with Crippen molar-refractivity contribution in [2.24, 2.45) is 11.8 Å². The molecule has 0 aliphatic heterocycles. The number of hydrogen-bond acceptors (Lipinski definition) is 2. The molecule has 178 valence electrons. The van der Waals surface area contributed by atoms with Crippen molar-refractivity contribution in [2.75, 3.05) is 6.54 Å². The maximum absolute atomic E-state index is 5.99. The Hall–Kier alpha value is -3.06. The lowest BCUT2D eigenvalue weighted by molar-refractivity contribution is 0.389. The highest BCUT2D eigenvalue weighted by Gasteiger charge is 2.30. The highest BCUT2D eigenvalue weighted by atomic mass is 35.5. The molecule has 0 saturated heterocycles. The lowest BCUT2D eigenvalue weighted by atomic mass is 10.1. The second-order valence-electron chi connectivity index (χ2n) is 10.0. The van der Waals surface area contributed by atoms with Crippen LogP contribution in [0, 0.1) is 23.7 Å². The average Bonchev–Trinajstić information content (AvgIpc) is 3.63. The average molecular weight is 482 g/mol. The van der Waals surface area contributed by atoms with Gasteiger partial charge in [0.25, 0.3) is 0 Å². The van der Waals surface area contributed by atoms with Crippen LogP contribution in [-0.2, 0) is 6.54 Å². The van der Waals surface area contributed by atoms with Crippen molar-refractivity contribution >= 4 is 22.5 Å². The Balaban J connectivity index is 1.24. The summed E-state index contributed by atoms with van der Waals surface area (Å²) in [4.78, 5) is 4.53. The number of aryl methyl sites for hydroxylation is 1. The molecule has 1 N–H and O–H groups in total. The predicted octanol–water partition coefficient (Wildman–Crippen LogP) is 7.17. The zero-order valence-corrected chi connectivity index (χ0v) is 21.2. The van der Waals surface area contributed by atoms with Crippen LogP contribution >= 0.6 is 11.6 Å². The van der Waals surface area contributed by atoms with Gasteiger partial charge in [0.1, 0.15) is 5.69 Å². The number of rotatable bonds is 8. The maximum atomic E-state index is 5.99. The van der Waals surface area contributed by atoms with Crippen molar-refractivity contribution < 1.29 is 0 Å². The molecule has 2 aromatic carbocycles. The van der Waals surface area contributed by atoms with Crippen molar-refractivity contribution in [2.45, 2.75) is 45.7 Å². The fourth-order valence-corrected chi connectivity index (χ4v) is 4.68. The van der Waals surface area contributed by atoms with E-state index in [9.17, 15) is 0 Å². The van der Waals surface area contributed by atoms with Crippen molar-refractivity contribution in [3.05, 3.63) is 89.3 Å². The normalized spacial score (nSPS) is 14.2. The molecule has 1 unspecified atom stereocenters. The van der Waals surface area contributed by atoms with Crippen LogP contribution in [0.4, 0.5) is 0 Å². The molecule has 3 nitrogen and oxygen atoms in total. The first-order valence-electron chi connectivity index (χ1n) is 12.6. The van der Waals surface area contributed by atoms with Crippen LogP contribution in [-0.4, -0.2) is 22.1 Å². The quantitative estimate of drug-likeness (QED) is 0.270. The van der Waals surface area contributed by atoms with E-state index in [0.717, 1.165) is 46.4 Å². The highest BCUT2D eigenvalue weighted by molar-refractivity contribution is 6.30. The first-order valence-corrected chi connectivity index (χ1v) is 13.0. The number of nitrogens with one attached hydrogen (secondary N) is 1. The van der Waals surface area contributed by atoms with Crippen LogP contribution in [0.3, 0.4) is 0 Å². The first-order chi connectivity index (χ1) is 17.0. The number of pyridine rings is 1. The van der Waals surface area contributed by atoms with E-state index in [-0.39, 0.29) is 0 Å². The number of aromatic nitrogens is 2. The molecule has 1 aliphatic rings. The Morgan fingerprint density at radius 3 is 2.51 bits per heavy atom. The van der Waals surface area contributed by atoms with Gasteiger partial charge < -0.3 is 9.88 Å². The fourth-order valence-electron chi connectivity index (χ4n) is 4.56. The largest absolute Gasteiger partial charge is 0.347 e. The molecule has 0 radical (unpaired) electrons. The summed E-state index contributed by atoms with van der Waals surface area (Å²) in [5, 5.41) is 5.78. The van der Waals surface area contributed by atoms with Crippen LogP contribution in [0.1, 0.15) is 44.4 Å². The van der Waals surface area contributed by atoms with Crippen molar-refractivity contribution in [3.63, 3.8) is 0 Å². The van der Waals surface area contributed by atoms with Gasteiger partial charge in [0.05, 0.1) is 0 Å². The van der Waals surface area contributed by atoms with E-state index in [1.165, 1.54) is 30.2 Å². The van der Waals surface area contributed by atoms with E-state index in [2.05, 4.69) is 77.1 Å². The van der Waals surface area contributed by atoms with E-state index in [1.807, 2.05) is 36.5 Å². The van der Waals surface area contributed by atoms with Gasteiger partial charge in [-0.2, -0.15) is 0 Å². The molecular formula is C31H32ClN3. The van der Waals surface area contributed by atoms with Gasteiger partial charge in [-0.3, -0.25) is 0 Å². The molecule has 5 rings (SSSR count). The molecule has 1 saturated carbocycles. The molecule has 4 heteroatoms. The third-order valence-electron chi connectivity index (χ3n) is 6.71. The molecule has 1 aliphatic carbocycles. The number of halogens is 1. The minimum absolute atomic E-state index is 0.638. The maximum Gasteiger partial charge on any atom is 0.113 e. The molecule has 1 fully saturated rings.